The van der Waals surface area contributed by atoms with Crippen molar-refractivity contribution in [3.05, 3.63) is 0 Å². The summed E-state index contributed by atoms with van der Waals surface area (Å²) < 4.78 is 0. The first-order valence-electron chi connectivity index (χ1n) is 15.6. The lowest BCUT2D eigenvalue weighted by molar-refractivity contribution is -0.223. The number of fused-ring (bicyclic) bond motifs is 5. The summed E-state index contributed by atoms with van der Waals surface area (Å²) in [4.78, 5) is 35.0. The molecule has 0 aromatic heterocycles. The molecule has 0 saturated heterocycles. The van der Waals surface area contributed by atoms with E-state index in [0.717, 1.165) is 44.9 Å². The van der Waals surface area contributed by atoms with Crippen LogP contribution in [0.3, 0.4) is 0 Å². The van der Waals surface area contributed by atoms with Gasteiger partial charge in [-0.3, -0.25) is 9.59 Å². The Kier molecular flexibility index (Phi) is 9.57. The van der Waals surface area contributed by atoms with Crippen LogP contribution >= 0.6 is 0 Å². The molecular weight excluding hydrogens is 512 g/mol. The first kappa shape index (κ1) is 31.2. The molecule has 0 bridgehead atoms. The highest BCUT2D eigenvalue weighted by Crippen LogP contribution is 2.68. The molecule has 0 aromatic carbocycles. The summed E-state index contributed by atoms with van der Waals surface area (Å²) in [5.74, 6) is 0.0733. The minimum absolute atomic E-state index is 0.0362. The minimum Gasteiger partial charge on any atom is -0.480 e. The summed E-state index contributed by atoms with van der Waals surface area (Å²) >= 11 is 0. The fraction of sp³-hybridized carbons (Fsp3) is 0.903. The number of carbonyl (C=O) groups excluding carboxylic acids is 2. The monoisotopic (exact) mass is 564 g/mol. The van der Waals surface area contributed by atoms with Gasteiger partial charge in [-0.2, -0.15) is 0 Å². The zero-order valence-electron chi connectivity index (χ0n) is 24.8. The van der Waals surface area contributed by atoms with Crippen LogP contribution in [-0.2, 0) is 14.4 Å². The van der Waals surface area contributed by atoms with Crippen LogP contribution in [0.4, 0.5) is 0 Å². The number of rotatable bonds is 10. The van der Waals surface area contributed by atoms with Gasteiger partial charge < -0.3 is 31.1 Å². The molecule has 0 spiro atoms. The van der Waals surface area contributed by atoms with Crippen molar-refractivity contribution in [2.45, 2.75) is 123 Å². The van der Waals surface area contributed by atoms with Crippen LogP contribution in [0, 0.1) is 46.3 Å². The predicted octanol–water partition coefficient (Wildman–Crippen LogP) is 2.85. The molecule has 0 aromatic rings. The summed E-state index contributed by atoms with van der Waals surface area (Å²) in [6.07, 6.45) is 6.55. The van der Waals surface area contributed by atoms with Gasteiger partial charge >= 0.3 is 5.97 Å². The summed E-state index contributed by atoms with van der Waals surface area (Å²) in [6.45, 7) is 8.59. The van der Waals surface area contributed by atoms with Crippen molar-refractivity contribution < 1.29 is 34.8 Å². The van der Waals surface area contributed by atoms with Gasteiger partial charge in [0.05, 0.1) is 18.3 Å². The Morgan fingerprint density at radius 1 is 0.900 bits per heavy atom. The number of aliphatic hydroxyl groups is 3. The van der Waals surface area contributed by atoms with Gasteiger partial charge in [-0.05, 0) is 111 Å². The Labute approximate surface area is 238 Å². The second-order valence-electron chi connectivity index (χ2n) is 14.1. The van der Waals surface area contributed by atoms with Crippen molar-refractivity contribution >= 4 is 17.8 Å². The third-order valence-electron chi connectivity index (χ3n) is 12.0. The molecule has 6 N–H and O–H groups in total. The SMILES string of the molecule is CC(=O)N[C@@H](CCCNC(=O)CC[C@@H](C)[C@H]1CC[C@H]2[C@@H]3[C@H](O)[C@H](O)[C@@H]4C[C@H](O)CC[C@]4(C)[C@H]3CC[C@]12C)C(=O)O. The molecule has 9 heteroatoms. The lowest BCUT2D eigenvalue weighted by Gasteiger charge is -2.63. The van der Waals surface area contributed by atoms with E-state index < -0.39 is 24.2 Å². The highest BCUT2D eigenvalue weighted by molar-refractivity contribution is 5.82. The van der Waals surface area contributed by atoms with Crippen molar-refractivity contribution in [2.24, 2.45) is 46.3 Å². The molecule has 4 rings (SSSR count). The van der Waals surface area contributed by atoms with Crippen LogP contribution in [0.2, 0.25) is 0 Å². The van der Waals surface area contributed by atoms with Gasteiger partial charge in [0.15, 0.2) is 0 Å². The van der Waals surface area contributed by atoms with E-state index in [-0.39, 0.29) is 47.0 Å². The zero-order chi connectivity index (χ0) is 29.4. The maximum Gasteiger partial charge on any atom is 0.326 e. The highest BCUT2D eigenvalue weighted by atomic mass is 16.4. The Morgan fingerprint density at radius 2 is 1.57 bits per heavy atom. The molecule has 4 aliphatic rings. The van der Waals surface area contributed by atoms with Gasteiger partial charge in [-0.25, -0.2) is 4.79 Å². The van der Waals surface area contributed by atoms with Gasteiger partial charge in [0.2, 0.25) is 11.8 Å². The second-order valence-corrected chi connectivity index (χ2v) is 14.1. The third-order valence-corrected chi connectivity index (χ3v) is 12.0. The molecule has 4 aliphatic carbocycles. The van der Waals surface area contributed by atoms with Crippen molar-refractivity contribution in [1.82, 2.24) is 10.6 Å². The number of carboxylic acid groups (broad SMARTS) is 1. The van der Waals surface area contributed by atoms with Gasteiger partial charge in [0.1, 0.15) is 6.04 Å². The molecule has 0 heterocycles. The fourth-order valence-electron chi connectivity index (χ4n) is 9.90. The van der Waals surface area contributed by atoms with Crippen LogP contribution in [0.15, 0.2) is 0 Å². The molecule has 228 valence electrons. The number of aliphatic carboxylic acids is 1. The summed E-state index contributed by atoms with van der Waals surface area (Å²) in [6, 6.07) is -0.942. The van der Waals surface area contributed by atoms with Gasteiger partial charge in [0, 0.05) is 19.9 Å². The Bertz CT molecular complexity index is 945. The molecule has 0 radical (unpaired) electrons. The summed E-state index contributed by atoms with van der Waals surface area (Å²) in [7, 11) is 0. The van der Waals surface area contributed by atoms with Crippen molar-refractivity contribution in [1.29, 1.82) is 0 Å². The molecule has 12 atom stereocenters. The number of nitrogens with one attached hydrogen (secondary N) is 2. The second kappa shape index (κ2) is 12.3. The number of carbonyl (C=O) groups is 3. The van der Waals surface area contributed by atoms with E-state index in [0.29, 0.717) is 49.5 Å². The van der Waals surface area contributed by atoms with E-state index in [9.17, 15) is 34.8 Å². The average Bonchev–Trinajstić information content (AvgIpc) is 3.25. The van der Waals surface area contributed by atoms with E-state index >= 15 is 0 Å². The molecule has 2 amide bonds. The topological polar surface area (TPSA) is 156 Å². The normalized spacial score (nSPS) is 42.1. The van der Waals surface area contributed by atoms with E-state index in [1.807, 2.05) is 0 Å². The molecule has 4 fully saturated rings. The molecule has 40 heavy (non-hydrogen) atoms. The largest absolute Gasteiger partial charge is 0.480 e. The number of hydrogen-bond acceptors (Lipinski definition) is 6. The standard InChI is InChI=1S/C31H52N2O7/c1-17(7-10-25(36)32-15-5-6-24(29(39)40)33-18(2)34)20-8-9-21-26-22(12-14-30(20,21)3)31(4)13-11-19(35)16-23(31)27(37)28(26)38/h17,19-24,26-28,35,37-38H,5-16H2,1-4H3,(H,32,36)(H,33,34)(H,39,40)/t17-,19-,20-,21+,22+,23+,24+,26+,27-,28+,30-,31-/m1/s1. The van der Waals surface area contributed by atoms with Crippen molar-refractivity contribution in [3.8, 4) is 0 Å². The molecule has 4 saturated carbocycles. The Hall–Kier alpha value is -1.71. The molecule has 0 unspecified atom stereocenters. The molecular formula is C31H52N2O7. The van der Waals surface area contributed by atoms with Crippen molar-refractivity contribution in [3.63, 3.8) is 0 Å². The number of carboxylic acids is 1. The van der Waals surface area contributed by atoms with Crippen molar-refractivity contribution in [2.75, 3.05) is 6.54 Å². The maximum atomic E-state index is 12.6. The first-order valence-corrected chi connectivity index (χ1v) is 15.6. The van der Waals surface area contributed by atoms with Crippen LogP contribution in [0.25, 0.3) is 0 Å². The van der Waals surface area contributed by atoms with Crippen LogP contribution in [-0.4, -0.2) is 69.1 Å². The number of hydrogen-bond donors (Lipinski definition) is 6. The fourth-order valence-corrected chi connectivity index (χ4v) is 9.90. The highest BCUT2D eigenvalue weighted by Gasteiger charge is 2.65. The smallest absolute Gasteiger partial charge is 0.326 e. The van der Waals surface area contributed by atoms with Crippen LogP contribution < -0.4 is 10.6 Å². The van der Waals surface area contributed by atoms with Gasteiger partial charge in [-0.1, -0.05) is 20.8 Å². The summed E-state index contributed by atoms with van der Waals surface area (Å²) in [5, 5.41) is 47.5. The average molecular weight is 565 g/mol. The van der Waals surface area contributed by atoms with E-state index in [1.165, 1.54) is 6.92 Å². The van der Waals surface area contributed by atoms with Crippen LogP contribution in [0.5, 0.6) is 0 Å². The minimum atomic E-state index is -1.07. The van der Waals surface area contributed by atoms with E-state index in [2.05, 4.69) is 31.4 Å². The third kappa shape index (κ3) is 5.93. The lowest BCUT2D eigenvalue weighted by Crippen LogP contribution is -2.64. The lowest BCUT2D eigenvalue weighted by atomic mass is 9.43. The van der Waals surface area contributed by atoms with E-state index in [4.69, 9.17) is 0 Å². The molecule has 0 aliphatic heterocycles. The quantitative estimate of drug-likeness (QED) is 0.223. The number of aliphatic hydroxyl groups excluding tert-OH is 3. The predicted molar refractivity (Wildman–Crippen MR) is 150 cm³/mol. The molecule has 9 nitrogen and oxygen atoms in total. The van der Waals surface area contributed by atoms with E-state index in [1.54, 1.807) is 0 Å². The van der Waals surface area contributed by atoms with Gasteiger partial charge in [0.25, 0.3) is 0 Å². The zero-order valence-corrected chi connectivity index (χ0v) is 24.8. The Balaban J connectivity index is 1.31. The maximum absolute atomic E-state index is 12.6. The number of amides is 2. The summed E-state index contributed by atoms with van der Waals surface area (Å²) in [5.41, 5.74) is 0.0307. The Morgan fingerprint density at radius 3 is 2.25 bits per heavy atom. The first-order chi connectivity index (χ1) is 18.8. The van der Waals surface area contributed by atoms with Gasteiger partial charge in [-0.15, -0.1) is 0 Å². The van der Waals surface area contributed by atoms with Crippen LogP contribution in [0.1, 0.15) is 98.3 Å².